The molecule has 2 saturated heterocycles. The fourth-order valence-electron chi connectivity index (χ4n) is 4.51. The molecule has 1 spiro atoms. The molecule has 0 radical (unpaired) electrons. The second-order valence-electron chi connectivity index (χ2n) is 8.47. The number of piperazine rings is 1. The number of H-pyrrole nitrogens is 1. The minimum atomic E-state index is -0.395. The highest BCUT2D eigenvalue weighted by Crippen LogP contribution is 2.33. The number of aromatic amines is 1. The van der Waals surface area contributed by atoms with Gasteiger partial charge in [0.05, 0.1) is 42.6 Å². The summed E-state index contributed by atoms with van der Waals surface area (Å²) in [4.78, 5) is 22.8. The van der Waals surface area contributed by atoms with Crippen LogP contribution in [0.1, 0.15) is 5.69 Å². The van der Waals surface area contributed by atoms with Crippen LogP contribution in [0, 0.1) is 5.82 Å². The standard InChI is InChI=1S/C23H23FN8O/c24-18-10-25-5-4-16(18)17-9-27-22-20(17)21(28-14-29-22)26-8-15-2-1-3-19(31-15)32-7-6-30-23(11-32)12-33-13-23/h1-5,9-10,14,30H,6-8,11-13H2,(H2,26,27,28,29). The van der Waals surface area contributed by atoms with Gasteiger partial charge in [-0.2, -0.15) is 0 Å². The average Bonchev–Trinajstić information content (AvgIpc) is 3.27. The maximum Gasteiger partial charge on any atom is 0.149 e. The molecule has 0 unspecified atom stereocenters. The molecule has 4 aromatic heterocycles. The van der Waals surface area contributed by atoms with Gasteiger partial charge in [-0.25, -0.2) is 19.3 Å². The second kappa shape index (κ2) is 8.05. The number of nitrogens with zero attached hydrogens (tertiary/aromatic N) is 5. The fraction of sp³-hybridized carbons (Fsp3) is 0.304. The molecule has 33 heavy (non-hydrogen) atoms. The van der Waals surface area contributed by atoms with Crippen LogP contribution in [0.2, 0.25) is 0 Å². The minimum absolute atomic E-state index is 0.0493. The third-order valence-corrected chi connectivity index (χ3v) is 6.22. The van der Waals surface area contributed by atoms with Crippen LogP contribution in [-0.2, 0) is 11.3 Å². The van der Waals surface area contributed by atoms with Crippen LogP contribution >= 0.6 is 0 Å². The number of aromatic nitrogens is 5. The first-order valence-corrected chi connectivity index (χ1v) is 10.9. The predicted molar refractivity (Wildman–Crippen MR) is 122 cm³/mol. The number of rotatable bonds is 5. The number of fused-ring (bicyclic) bond motifs is 1. The molecule has 168 valence electrons. The van der Waals surface area contributed by atoms with E-state index >= 15 is 0 Å². The molecular weight excluding hydrogens is 423 g/mol. The molecule has 10 heteroatoms. The smallest absolute Gasteiger partial charge is 0.149 e. The summed E-state index contributed by atoms with van der Waals surface area (Å²) in [6.07, 6.45) is 6.00. The summed E-state index contributed by atoms with van der Waals surface area (Å²) in [5.41, 5.74) is 2.71. The topological polar surface area (TPSA) is 104 Å². The molecule has 0 amide bonds. The van der Waals surface area contributed by atoms with Crippen molar-refractivity contribution < 1.29 is 9.13 Å². The molecule has 2 fully saturated rings. The van der Waals surface area contributed by atoms with Crippen LogP contribution in [-0.4, -0.2) is 63.3 Å². The van der Waals surface area contributed by atoms with Crippen molar-refractivity contribution in [2.45, 2.75) is 12.1 Å². The summed E-state index contributed by atoms with van der Waals surface area (Å²) in [6.45, 7) is 4.66. The Balaban J connectivity index is 1.25. The zero-order valence-electron chi connectivity index (χ0n) is 17.9. The van der Waals surface area contributed by atoms with Crippen molar-refractivity contribution >= 4 is 22.7 Å². The molecule has 3 N–H and O–H groups in total. The molecule has 6 rings (SSSR count). The van der Waals surface area contributed by atoms with Gasteiger partial charge in [0, 0.05) is 43.2 Å². The van der Waals surface area contributed by atoms with Crippen LogP contribution in [0.5, 0.6) is 0 Å². The number of ether oxygens (including phenoxy) is 1. The van der Waals surface area contributed by atoms with Crippen LogP contribution < -0.4 is 15.5 Å². The van der Waals surface area contributed by atoms with Crippen LogP contribution in [0.4, 0.5) is 16.0 Å². The van der Waals surface area contributed by atoms with Crippen molar-refractivity contribution in [3.63, 3.8) is 0 Å². The normalized spacial score (nSPS) is 17.3. The average molecular weight is 446 g/mol. The van der Waals surface area contributed by atoms with Crippen molar-refractivity contribution in [3.05, 3.63) is 60.7 Å². The number of halogens is 1. The highest BCUT2D eigenvalue weighted by atomic mass is 19.1. The van der Waals surface area contributed by atoms with Gasteiger partial charge < -0.3 is 25.3 Å². The quantitative estimate of drug-likeness (QED) is 0.429. The van der Waals surface area contributed by atoms with Crippen molar-refractivity contribution in [3.8, 4) is 11.1 Å². The predicted octanol–water partition coefficient (Wildman–Crippen LogP) is 2.34. The van der Waals surface area contributed by atoms with E-state index < -0.39 is 5.82 Å². The first-order valence-electron chi connectivity index (χ1n) is 10.9. The lowest BCUT2D eigenvalue weighted by Gasteiger charge is -2.49. The van der Waals surface area contributed by atoms with Gasteiger partial charge in [-0.15, -0.1) is 0 Å². The Bertz CT molecular complexity index is 1300. The number of nitrogens with one attached hydrogen (secondary N) is 3. The van der Waals surface area contributed by atoms with Gasteiger partial charge in [-0.3, -0.25) is 4.98 Å². The van der Waals surface area contributed by atoms with Gasteiger partial charge in [-0.1, -0.05) is 6.07 Å². The molecule has 0 aliphatic carbocycles. The van der Waals surface area contributed by atoms with E-state index in [0.29, 0.717) is 29.1 Å². The maximum atomic E-state index is 14.4. The van der Waals surface area contributed by atoms with E-state index in [0.717, 1.165) is 49.7 Å². The highest BCUT2D eigenvalue weighted by molar-refractivity contribution is 6.00. The summed E-state index contributed by atoms with van der Waals surface area (Å²) >= 11 is 0. The Morgan fingerprint density at radius 2 is 2.12 bits per heavy atom. The number of pyridine rings is 2. The van der Waals surface area contributed by atoms with Gasteiger partial charge >= 0.3 is 0 Å². The van der Waals surface area contributed by atoms with Gasteiger partial charge in [-0.05, 0) is 18.2 Å². The molecule has 2 aliphatic rings. The van der Waals surface area contributed by atoms with Crippen molar-refractivity contribution in [1.29, 1.82) is 0 Å². The molecule has 2 aliphatic heterocycles. The van der Waals surface area contributed by atoms with E-state index in [2.05, 4.69) is 35.5 Å². The third kappa shape index (κ3) is 3.66. The molecule has 9 nitrogen and oxygen atoms in total. The Morgan fingerprint density at radius 3 is 2.97 bits per heavy atom. The first kappa shape index (κ1) is 20.0. The third-order valence-electron chi connectivity index (χ3n) is 6.22. The van der Waals surface area contributed by atoms with Crippen molar-refractivity contribution in [1.82, 2.24) is 30.2 Å². The van der Waals surface area contributed by atoms with Crippen LogP contribution in [0.15, 0.2) is 49.2 Å². The van der Waals surface area contributed by atoms with E-state index in [-0.39, 0.29) is 5.54 Å². The monoisotopic (exact) mass is 446 g/mol. The van der Waals surface area contributed by atoms with E-state index in [4.69, 9.17) is 9.72 Å². The lowest BCUT2D eigenvalue weighted by atomic mass is 9.94. The number of hydrogen-bond donors (Lipinski definition) is 3. The molecule has 4 aromatic rings. The van der Waals surface area contributed by atoms with E-state index in [1.54, 1.807) is 18.5 Å². The summed E-state index contributed by atoms with van der Waals surface area (Å²) in [6, 6.07) is 7.70. The fourth-order valence-corrected chi connectivity index (χ4v) is 4.51. The summed E-state index contributed by atoms with van der Waals surface area (Å²) in [5, 5.41) is 7.67. The molecule has 0 bridgehead atoms. The lowest BCUT2D eigenvalue weighted by Crippen LogP contribution is -2.70. The summed E-state index contributed by atoms with van der Waals surface area (Å²) < 4.78 is 19.8. The van der Waals surface area contributed by atoms with Gasteiger partial charge in [0.1, 0.15) is 29.4 Å². The SMILES string of the molecule is Fc1cnccc1-c1c[nH]c2ncnc(NCc3cccc(N4CCNC5(COC5)C4)n3)c12. The zero-order chi connectivity index (χ0) is 22.3. The highest BCUT2D eigenvalue weighted by Gasteiger charge is 2.42. The zero-order valence-corrected chi connectivity index (χ0v) is 17.9. The molecular formula is C23H23FN8O. The van der Waals surface area contributed by atoms with Gasteiger partial charge in [0.2, 0.25) is 0 Å². The Morgan fingerprint density at radius 1 is 1.18 bits per heavy atom. The first-order chi connectivity index (χ1) is 16.2. The summed E-state index contributed by atoms with van der Waals surface area (Å²) in [7, 11) is 0. The second-order valence-corrected chi connectivity index (χ2v) is 8.47. The van der Waals surface area contributed by atoms with E-state index in [1.807, 2.05) is 18.2 Å². The maximum absolute atomic E-state index is 14.4. The Labute approximate surface area is 189 Å². The van der Waals surface area contributed by atoms with Crippen molar-refractivity contribution in [2.75, 3.05) is 43.1 Å². The van der Waals surface area contributed by atoms with E-state index in [1.165, 1.54) is 12.5 Å². The van der Waals surface area contributed by atoms with Gasteiger partial charge in [0.25, 0.3) is 0 Å². The number of hydrogen-bond acceptors (Lipinski definition) is 8. The number of anilines is 2. The van der Waals surface area contributed by atoms with Crippen molar-refractivity contribution in [2.24, 2.45) is 0 Å². The molecule has 6 heterocycles. The largest absolute Gasteiger partial charge is 0.377 e. The van der Waals surface area contributed by atoms with Crippen LogP contribution in [0.25, 0.3) is 22.2 Å². The Kier molecular flexibility index (Phi) is 4.88. The van der Waals surface area contributed by atoms with E-state index in [9.17, 15) is 4.39 Å². The minimum Gasteiger partial charge on any atom is -0.377 e. The molecule has 0 atom stereocenters. The lowest BCUT2D eigenvalue weighted by molar-refractivity contribution is -0.0743. The van der Waals surface area contributed by atoms with Gasteiger partial charge in [0.15, 0.2) is 0 Å². The van der Waals surface area contributed by atoms with Crippen LogP contribution in [0.3, 0.4) is 0 Å². The Hall–Kier alpha value is -3.63. The molecule has 0 aromatic carbocycles. The molecule has 0 saturated carbocycles. The summed E-state index contributed by atoms with van der Waals surface area (Å²) in [5.74, 6) is 1.18.